The van der Waals surface area contributed by atoms with Gasteiger partial charge in [0.15, 0.2) is 0 Å². The lowest BCUT2D eigenvalue weighted by molar-refractivity contribution is -0.384. The van der Waals surface area contributed by atoms with Crippen LogP contribution >= 0.6 is 0 Å². The quantitative estimate of drug-likeness (QED) is 0.0583. The standard InChI is InChI=1S/C17H15N3O2.C10H7NO3.C7H8N2O2.CH3/c1-10-6-7-11(18)8-15(10)20-17(22)13-9-19-14-5-3-2-4-12(14)16(13)21;12-9-6-3-1-2-4-8(6)11-5-7(9)10(13)14;1-5-2-3-6(9(10)11)4-7(5)8;/h2-9H,18H2,1H3,(H,19,21)(H,20,22);1-5H,(H,11,12)(H,13,14);2-4H,8H2,1H3;1H3/q;;;-1. The molecule has 1 amide bonds. The van der Waals surface area contributed by atoms with Crippen molar-refractivity contribution < 1.29 is 19.6 Å². The molecule has 13 nitrogen and oxygen atoms in total. The summed E-state index contributed by atoms with van der Waals surface area (Å²) >= 11 is 0. The summed E-state index contributed by atoms with van der Waals surface area (Å²) in [5.41, 5.74) is 15.0. The zero-order valence-corrected chi connectivity index (χ0v) is 26.2. The predicted octanol–water partition coefficient (Wildman–Crippen LogP) is 5.83. The first-order valence-corrected chi connectivity index (χ1v) is 14.0. The molecule has 0 saturated heterocycles. The molecule has 2 heterocycles. The largest absolute Gasteiger partial charge is 0.477 e. The first kappa shape index (κ1) is 35.7. The maximum Gasteiger partial charge on any atom is 0.341 e. The zero-order chi connectivity index (χ0) is 34.2. The number of hydrogen-bond donors (Lipinski definition) is 6. The van der Waals surface area contributed by atoms with Gasteiger partial charge in [-0.15, -0.1) is 0 Å². The SMILES string of the molecule is Cc1ccc(N)cc1NC(=O)c1c[nH]c2ccccc2c1=O.Cc1ccc([N+](=O)[O-])cc1N.O=C(O)c1c[nH]c2ccccc2c1=O.[CH3-]. The Hall–Kier alpha value is -6.76. The second-order valence-electron chi connectivity index (χ2n) is 10.3. The fourth-order valence-electron chi connectivity index (χ4n) is 4.37. The van der Waals surface area contributed by atoms with Gasteiger partial charge in [0.05, 0.1) is 4.92 Å². The zero-order valence-electron chi connectivity index (χ0n) is 26.2. The van der Waals surface area contributed by atoms with E-state index in [2.05, 4.69) is 15.3 Å². The average molecular weight is 650 g/mol. The van der Waals surface area contributed by atoms with Crippen LogP contribution in [0.5, 0.6) is 0 Å². The van der Waals surface area contributed by atoms with E-state index in [1.165, 1.54) is 24.5 Å². The number of para-hydroxylation sites is 2. The minimum Gasteiger partial charge on any atom is -0.477 e. The number of fused-ring (bicyclic) bond motifs is 2. The third-order valence-electron chi connectivity index (χ3n) is 7.04. The van der Waals surface area contributed by atoms with E-state index in [1.807, 2.05) is 19.1 Å². The second-order valence-corrected chi connectivity index (χ2v) is 10.3. The Kier molecular flexibility index (Phi) is 11.5. The number of hydrogen-bond acceptors (Lipinski definition) is 8. The number of nitrogen functional groups attached to an aromatic ring is 2. The molecular formula is C35H33N6O7-. The molecular weight excluding hydrogens is 616 g/mol. The Morgan fingerprint density at radius 2 is 1.29 bits per heavy atom. The third kappa shape index (κ3) is 8.28. The molecule has 246 valence electrons. The van der Waals surface area contributed by atoms with Crippen molar-refractivity contribution in [3.63, 3.8) is 0 Å². The summed E-state index contributed by atoms with van der Waals surface area (Å²) in [4.78, 5) is 62.5. The van der Waals surface area contributed by atoms with Gasteiger partial charge in [0, 0.05) is 63.4 Å². The van der Waals surface area contributed by atoms with Crippen molar-refractivity contribution in [2.45, 2.75) is 13.8 Å². The van der Waals surface area contributed by atoms with Gasteiger partial charge in [0.2, 0.25) is 10.9 Å². The Morgan fingerprint density at radius 3 is 1.83 bits per heavy atom. The van der Waals surface area contributed by atoms with Gasteiger partial charge in [-0.1, -0.05) is 36.4 Å². The molecule has 0 fully saturated rings. The number of carbonyl (C=O) groups is 2. The van der Waals surface area contributed by atoms with Gasteiger partial charge < -0.3 is 39.3 Å². The van der Waals surface area contributed by atoms with Crippen molar-refractivity contribution in [1.29, 1.82) is 0 Å². The molecule has 0 unspecified atom stereocenters. The number of pyridine rings is 2. The van der Waals surface area contributed by atoms with Crippen molar-refractivity contribution in [3.05, 3.63) is 158 Å². The molecule has 48 heavy (non-hydrogen) atoms. The Morgan fingerprint density at radius 1 is 0.771 bits per heavy atom. The lowest BCUT2D eigenvalue weighted by Gasteiger charge is -2.09. The van der Waals surface area contributed by atoms with Gasteiger partial charge in [-0.2, -0.15) is 0 Å². The number of aryl methyl sites for hydroxylation is 2. The minimum atomic E-state index is -1.21. The van der Waals surface area contributed by atoms with Crippen LogP contribution in [0.3, 0.4) is 0 Å². The first-order valence-electron chi connectivity index (χ1n) is 14.0. The number of nitro benzene ring substituents is 1. The smallest absolute Gasteiger partial charge is 0.341 e. The molecule has 0 bridgehead atoms. The highest BCUT2D eigenvalue weighted by molar-refractivity contribution is 6.06. The molecule has 0 aliphatic carbocycles. The van der Waals surface area contributed by atoms with Crippen LogP contribution in [0.2, 0.25) is 0 Å². The number of benzene rings is 4. The summed E-state index contributed by atoms with van der Waals surface area (Å²) in [6, 6.07) is 23.5. The number of amides is 1. The van der Waals surface area contributed by atoms with Crippen molar-refractivity contribution in [1.82, 2.24) is 9.97 Å². The number of rotatable bonds is 4. The highest BCUT2D eigenvalue weighted by Gasteiger charge is 2.14. The van der Waals surface area contributed by atoms with E-state index in [-0.39, 0.29) is 29.7 Å². The van der Waals surface area contributed by atoms with Crippen LogP contribution in [-0.2, 0) is 0 Å². The number of H-pyrrole nitrogens is 2. The highest BCUT2D eigenvalue weighted by Crippen LogP contribution is 2.19. The molecule has 6 aromatic rings. The predicted molar refractivity (Wildman–Crippen MR) is 188 cm³/mol. The number of nitrogens with one attached hydrogen (secondary N) is 3. The number of aromatic amines is 2. The maximum absolute atomic E-state index is 12.4. The monoisotopic (exact) mass is 649 g/mol. The summed E-state index contributed by atoms with van der Waals surface area (Å²) in [5.74, 6) is -1.67. The molecule has 13 heteroatoms. The van der Waals surface area contributed by atoms with Gasteiger partial charge in [-0.05, 0) is 61.4 Å². The van der Waals surface area contributed by atoms with E-state index in [9.17, 15) is 29.3 Å². The number of non-ortho nitro benzene ring substituents is 1. The normalized spacial score (nSPS) is 10.0. The number of carboxylic acid groups (broad SMARTS) is 1. The van der Waals surface area contributed by atoms with Gasteiger partial charge >= 0.3 is 5.97 Å². The van der Waals surface area contributed by atoms with Crippen LogP contribution < -0.4 is 27.6 Å². The number of carboxylic acids is 1. The molecule has 2 aromatic heterocycles. The summed E-state index contributed by atoms with van der Waals surface area (Å²) in [6.07, 6.45) is 2.65. The van der Waals surface area contributed by atoms with E-state index >= 15 is 0 Å². The summed E-state index contributed by atoms with van der Waals surface area (Å²) < 4.78 is 0. The van der Waals surface area contributed by atoms with Crippen LogP contribution in [-0.4, -0.2) is 31.9 Å². The number of nitrogens with two attached hydrogens (primary N) is 2. The summed E-state index contributed by atoms with van der Waals surface area (Å²) in [5, 5.41) is 22.5. The van der Waals surface area contributed by atoms with Crippen LogP contribution in [0.25, 0.3) is 21.8 Å². The molecule has 8 N–H and O–H groups in total. The Balaban J connectivity index is 0.000000208. The van der Waals surface area contributed by atoms with E-state index in [1.54, 1.807) is 67.6 Å². The maximum atomic E-state index is 12.4. The molecule has 0 aliphatic heterocycles. The molecule has 0 radical (unpaired) electrons. The van der Waals surface area contributed by atoms with E-state index < -0.39 is 22.2 Å². The fourth-order valence-corrected chi connectivity index (χ4v) is 4.37. The number of aromatic nitrogens is 2. The van der Waals surface area contributed by atoms with Crippen LogP contribution in [0, 0.1) is 31.4 Å². The topological polar surface area (TPSA) is 227 Å². The molecule has 0 aliphatic rings. The second kappa shape index (κ2) is 15.5. The molecule has 0 atom stereocenters. The third-order valence-corrected chi connectivity index (χ3v) is 7.04. The van der Waals surface area contributed by atoms with E-state index in [4.69, 9.17) is 16.6 Å². The number of nitrogens with zero attached hydrogens (tertiary/aromatic N) is 1. The molecule has 0 spiro atoms. The van der Waals surface area contributed by atoms with Gasteiger partial charge in [-0.25, -0.2) is 4.79 Å². The Labute approximate surface area is 274 Å². The summed E-state index contributed by atoms with van der Waals surface area (Å²) in [7, 11) is 0. The number of anilines is 3. The van der Waals surface area contributed by atoms with Gasteiger partial charge in [0.25, 0.3) is 11.6 Å². The van der Waals surface area contributed by atoms with Gasteiger partial charge in [-0.3, -0.25) is 24.5 Å². The van der Waals surface area contributed by atoms with E-state index in [0.29, 0.717) is 38.9 Å². The number of aromatic carboxylic acids is 1. The van der Waals surface area contributed by atoms with Gasteiger partial charge in [0.1, 0.15) is 11.1 Å². The fraction of sp³-hybridized carbons (Fsp3) is 0.0571. The molecule has 0 saturated carbocycles. The summed E-state index contributed by atoms with van der Waals surface area (Å²) in [6.45, 7) is 3.67. The molecule has 6 rings (SSSR count). The highest BCUT2D eigenvalue weighted by atomic mass is 16.6. The molecule has 4 aromatic carbocycles. The van der Waals surface area contributed by atoms with Crippen molar-refractivity contribution in [3.8, 4) is 0 Å². The van der Waals surface area contributed by atoms with Crippen molar-refractivity contribution in [2.24, 2.45) is 0 Å². The lowest BCUT2D eigenvalue weighted by atomic mass is 10.1. The number of nitro groups is 1. The van der Waals surface area contributed by atoms with Crippen molar-refractivity contribution in [2.75, 3.05) is 16.8 Å². The Bertz CT molecular complexity index is 2260. The van der Waals surface area contributed by atoms with E-state index in [0.717, 1.165) is 11.1 Å². The lowest BCUT2D eigenvalue weighted by Crippen LogP contribution is -2.22. The van der Waals surface area contributed by atoms with Crippen LogP contribution in [0.4, 0.5) is 22.7 Å². The van der Waals surface area contributed by atoms with Crippen LogP contribution in [0.1, 0.15) is 31.8 Å². The number of carbonyl (C=O) groups excluding carboxylic acids is 1. The first-order chi connectivity index (χ1) is 22.4. The van der Waals surface area contributed by atoms with Crippen molar-refractivity contribution >= 4 is 56.4 Å². The average Bonchev–Trinajstić information content (AvgIpc) is 3.05. The minimum absolute atomic E-state index is 0. The van der Waals surface area contributed by atoms with Crippen LogP contribution in [0.15, 0.2) is 107 Å².